The van der Waals surface area contributed by atoms with Crippen LogP contribution in [-0.2, 0) is 23.9 Å². The second-order valence-corrected chi connectivity index (χ2v) is 6.72. The molecule has 0 spiro atoms. The van der Waals surface area contributed by atoms with Crippen molar-refractivity contribution in [1.82, 2.24) is 0 Å². The highest BCUT2D eigenvalue weighted by Gasteiger charge is 2.70. The number of hydrogen-bond acceptors (Lipinski definition) is 5. The fraction of sp³-hybridized carbons (Fsp3) is 0.800. The van der Waals surface area contributed by atoms with Crippen molar-refractivity contribution in [2.24, 2.45) is 16.7 Å². The van der Waals surface area contributed by atoms with Crippen LogP contribution in [0.25, 0.3) is 0 Å². The Balaban J connectivity index is 2.05. The number of esters is 2. The molecule has 0 aromatic carbocycles. The lowest BCUT2D eigenvalue weighted by Gasteiger charge is -2.51. The van der Waals surface area contributed by atoms with Crippen molar-refractivity contribution in [3.8, 4) is 0 Å². The molecule has 0 aromatic rings. The van der Waals surface area contributed by atoms with E-state index in [1.807, 2.05) is 6.92 Å². The van der Waals surface area contributed by atoms with Gasteiger partial charge in [-0.1, -0.05) is 6.92 Å². The molecule has 0 unspecified atom stereocenters. The van der Waals surface area contributed by atoms with Crippen molar-refractivity contribution < 1.29 is 23.9 Å². The molecule has 2 saturated carbocycles. The predicted octanol–water partition coefficient (Wildman–Crippen LogP) is 1.63. The zero-order chi connectivity index (χ0) is 14.7. The predicted molar refractivity (Wildman–Crippen MR) is 68.6 cm³/mol. The first-order valence-electron chi connectivity index (χ1n) is 7.21. The van der Waals surface area contributed by atoms with Gasteiger partial charge in [-0.25, -0.2) is 0 Å². The van der Waals surface area contributed by atoms with Crippen LogP contribution in [-0.4, -0.2) is 29.9 Å². The summed E-state index contributed by atoms with van der Waals surface area (Å²) in [5.41, 5.74) is -1.42. The molecule has 20 heavy (non-hydrogen) atoms. The van der Waals surface area contributed by atoms with Gasteiger partial charge in [-0.15, -0.1) is 0 Å². The third kappa shape index (κ3) is 1.52. The van der Waals surface area contributed by atoms with Gasteiger partial charge in [0.1, 0.15) is 23.4 Å². The summed E-state index contributed by atoms with van der Waals surface area (Å²) in [4.78, 5) is 36.1. The lowest BCUT2D eigenvalue weighted by Crippen LogP contribution is -2.59. The normalized spacial score (nSPS) is 46.6. The summed E-state index contributed by atoms with van der Waals surface area (Å²) >= 11 is 0. The lowest BCUT2D eigenvalue weighted by atomic mass is 9.50. The molecular formula is C15H20O5. The van der Waals surface area contributed by atoms with Crippen LogP contribution in [0.1, 0.15) is 46.5 Å². The fourth-order valence-corrected chi connectivity index (χ4v) is 4.61. The maximum atomic E-state index is 12.4. The van der Waals surface area contributed by atoms with Crippen molar-refractivity contribution in [3.05, 3.63) is 0 Å². The minimum absolute atomic E-state index is 0.179. The standard InChI is InChI=1S/C15H20O5/c1-8(16)19-11-6-7-14(2)10(17)5-4-9-12(14)15(11,3)13(18)20-9/h9,11-12H,4-7H2,1-3H3/t9-,11+,12-,14-,15+/m1/s1. The molecule has 110 valence electrons. The molecule has 0 amide bonds. The number of Topliss-reactive ketones (excluding diaryl/α,β-unsaturated/α-hetero) is 1. The molecule has 3 fully saturated rings. The fourth-order valence-electron chi connectivity index (χ4n) is 4.61. The summed E-state index contributed by atoms with van der Waals surface area (Å²) in [6.45, 7) is 5.08. The molecule has 1 saturated heterocycles. The third-order valence-electron chi connectivity index (χ3n) is 5.60. The number of carbonyl (C=O) groups is 3. The molecule has 5 heteroatoms. The monoisotopic (exact) mass is 280 g/mol. The van der Waals surface area contributed by atoms with E-state index in [1.165, 1.54) is 6.92 Å². The van der Waals surface area contributed by atoms with Crippen molar-refractivity contribution in [1.29, 1.82) is 0 Å². The molecule has 1 heterocycles. The van der Waals surface area contributed by atoms with Crippen LogP contribution >= 0.6 is 0 Å². The zero-order valence-electron chi connectivity index (χ0n) is 12.1. The summed E-state index contributed by atoms with van der Waals surface area (Å²) in [5, 5.41) is 0. The quantitative estimate of drug-likeness (QED) is 0.683. The summed E-state index contributed by atoms with van der Waals surface area (Å²) in [7, 11) is 0. The van der Waals surface area contributed by atoms with Crippen molar-refractivity contribution >= 4 is 17.7 Å². The van der Waals surface area contributed by atoms with Crippen LogP contribution in [0.15, 0.2) is 0 Å². The van der Waals surface area contributed by atoms with E-state index in [9.17, 15) is 14.4 Å². The number of carbonyl (C=O) groups excluding carboxylic acids is 3. The van der Waals surface area contributed by atoms with Gasteiger partial charge in [0.05, 0.1) is 0 Å². The lowest BCUT2D eigenvalue weighted by molar-refractivity contribution is -0.175. The third-order valence-corrected chi connectivity index (χ3v) is 5.60. The molecule has 1 aliphatic heterocycles. The first-order chi connectivity index (χ1) is 9.30. The summed E-state index contributed by atoms with van der Waals surface area (Å²) in [6.07, 6.45) is 1.55. The van der Waals surface area contributed by atoms with Crippen molar-refractivity contribution in [2.75, 3.05) is 0 Å². The van der Waals surface area contributed by atoms with E-state index in [0.717, 1.165) is 0 Å². The first-order valence-corrected chi connectivity index (χ1v) is 7.21. The van der Waals surface area contributed by atoms with Gasteiger partial charge >= 0.3 is 11.9 Å². The van der Waals surface area contributed by atoms with Crippen LogP contribution in [0.5, 0.6) is 0 Å². The van der Waals surface area contributed by atoms with Crippen molar-refractivity contribution in [3.63, 3.8) is 0 Å². The molecule has 3 aliphatic rings. The Morgan fingerprint density at radius 1 is 1.30 bits per heavy atom. The highest BCUT2D eigenvalue weighted by Crippen LogP contribution is 2.61. The second kappa shape index (κ2) is 4.06. The second-order valence-electron chi connectivity index (χ2n) is 6.72. The summed E-state index contributed by atoms with van der Waals surface area (Å²) in [6, 6.07) is 0. The van der Waals surface area contributed by atoms with E-state index in [1.54, 1.807) is 6.92 Å². The minimum Gasteiger partial charge on any atom is -0.461 e. The number of ketones is 1. The van der Waals surface area contributed by atoms with Crippen LogP contribution in [0.3, 0.4) is 0 Å². The maximum Gasteiger partial charge on any atom is 0.316 e. The van der Waals surface area contributed by atoms with Crippen LogP contribution in [0.4, 0.5) is 0 Å². The summed E-state index contributed by atoms with van der Waals surface area (Å²) in [5.74, 6) is -0.677. The summed E-state index contributed by atoms with van der Waals surface area (Å²) < 4.78 is 10.9. The van der Waals surface area contributed by atoms with Gasteiger partial charge in [-0.05, 0) is 26.2 Å². The Morgan fingerprint density at radius 2 is 2.00 bits per heavy atom. The molecule has 2 aliphatic carbocycles. The molecule has 5 atom stereocenters. The molecule has 5 nitrogen and oxygen atoms in total. The van der Waals surface area contributed by atoms with E-state index in [4.69, 9.17) is 9.47 Å². The largest absolute Gasteiger partial charge is 0.461 e. The Hall–Kier alpha value is -1.39. The van der Waals surface area contributed by atoms with Gasteiger partial charge < -0.3 is 9.47 Å². The van der Waals surface area contributed by atoms with Crippen molar-refractivity contribution in [2.45, 2.75) is 58.7 Å². The molecular weight excluding hydrogens is 260 g/mol. The molecule has 0 aromatic heterocycles. The van der Waals surface area contributed by atoms with E-state index in [0.29, 0.717) is 25.7 Å². The van der Waals surface area contributed by atoms with Gasteiger partial charge in [0.15, 0.2) is 0 Å². The Kier molecular flexibility index (Phi) is 2.76. The number of ether oxygens (including phenoxy) is 2. The maximum absolute atomic E-state index is 12.4. The van der Waals surface area contributed by atoms with E-state index in [-0.39, 0.29) is 23.8 Å². The van der Waals surface area contributed by atoms with E-state index in [2.05, 4.69) is 0 Å². The smallest absolute Gasteiger partial charge is 0.316 e. The van der Waals surface area contributed by atoms with Gasteiger partial charge in [0, 0.05) is 24.7 Å². The number of rotatable bonds is 1. The highest BCUT2D eigenvalue weighted by atomic mass is 16.6. The van der Waals surface area contributed by atoms with Crippen LogP contribution in [0, 0.1) is 16.7 Å². The van der Waals surface area contributed by atoms with Crippen LogP contribution < -0.4 is 0 Å². The highest BCUT2D eigenvalue weighted by molar-refractivity contribution is 5.90. The van der Waals surface area contributed by atoms with E-state index >= 15 is 0 Å². The SMILES string of the molecule is CC(=O)O[C@H]1CC[C@]2(C)C(=O)CC[C@H]3OC(=O)[C@]1(C)[C@H]32. The van der Waals surface area contributed by atoms with Gasteiger partial charge in [0.25, 0.3) is 0 Å². The molecule has 0 radical (unpaired) electrons. The molecule has 0 N–H and O–H groups in total. The van der Waals surface area contributed by atoms with Crippen LogP contribution in [0.2, 0.25) is 0 Å². The van der Waals surface area contributed by atoms with Gasteiger partial charge in [0.2, 0.25) is 0 Å². The number of hydrogen-bond donors (Lipinski definition) is 0. The van der Waals surface area contributed by atoms with Gasteiger partial charge in [-0.2, -0.15) is 0 Å². The average Bonchev–Trinajstić information content (AvgIpc) is 2.63. The topological polar surface area (TPSA) is 69.7 Å². The van der Waals surface area contributed by atoms with Gasteiger partial charge in [-0.3, -0.25) is 14.4 Å². The Labute approximate surface area is 118 Å². The Bertz CT molecular complexity index is 498. The Morgan fingerprint density at radius 3 is 2.65 bits per heavy atom. The molecule has 0 bridgehead atoms. The first kappa shape index (κ1) is 13.6. The minimum atomic E-state index is -0.889. The van der Waals surface area contributed by atoms with E-state index < -0.39 is 22.9 Å². The zero-order valence-corrected chi connectivity index (χ0v) is 12.1. The molecule has 3 rings (SSSR count). The average molecular weight is 280 g/mol.